The average Bonchev–Trinajstić information content (AvgIpc) is 2.92. The number of nitrogens with one attached hydrogen (secondary N) is 1. The molecule has 0 saturated carbocycles. The zero-order chi connectivity index (χ0) is 25.4. The summed E-state index contributed by atoms with van der Waals surface area (Å²) in [4.78, 5) is 29.5. The van der Waals surface area contributed by atoms with Gasteiger partial charge in [-0.25, -0.2) is 0 Å². The van der Waals surface area contributed by atoms with Gasteiger partial charge in [0.25, 0.3) is 5.91 Å². The molecule has 0 unspecified atom stereocenters. The standard InChI is InChI=1S/C28H28N2O6/c1-33-21-10-9-17(13-22(21)34-2)29-27(31)25-19-14-23(35-3)24(36-4)15-20(19)28(32)30-12-11-16-7-5-6-8-18(16)26(25)30/h5-10,13-15,25-26H,11-12H2,1-4H3,(H,29,31)/t25-,26-/m1/s1. The molecule has 0 saturated heterocycles. The molecule has 186 valence electrons. The van der Waals surface area contributed by atoms with E-state index in [1.54, 1.807) is 49.5 Å². The highest BCUT2D eigenvalue weighted by Crippen LogP contribution is 2.48. The summed E-state index contributed by atoms with van der Waals surface area (Å²) in [5.74, 6) is 0.937. The number of fused-ring (bicyclic) bond motifs is 4. The number of nitrogens with zero attached hydrogens (tertiary/aromatic N) is 1. The van der Waals surface area contributed by atoms with E-state index in [0.29, 0.717) is 46.4 Å². The highest BCUT2D eigenvalue weighted by Gasteiger charge is 2.47. The summed E-state index contributed by atoms with van der Waals surface area (Å²) < 4.78 is 21.7. The quantitative estimate of drug-likeness (QED) is 0.560. The summed E-state index contributed by atoms with van der Waals surface area (Å²) in [5, 5.41) is 3.04. The molecule has 2 atom stereocenters. The first kappa shape index (κ1) is 23.5. The Kier molecular flexibility index (Phi) is 6.18. The van der Waals surface area contributed by atoms with Gasteiger partial charge in [0, 0.05) is 23.9 Å². The van der Waals surface area contributed by atoms with E-state index in [4.69, 9.17) is 18.9 Å². The van der Waals surface area contributed by atoms with Crippen LogP contribution in [0, 0.1) is 0 Å². The molecule has 2 aliphatic rings. The average molecular weight is 489 g/mol. The second-order valence-corrected chi connectivity index (χ2v) is 8.72. The first-order chi connectivity index (χ1) is 17.5. The summed E-state index contributed by atoms with van der Waals surface area (Å²) in [7, 11) is 6.17. The molecule has 0 radical (unpaired) electrons. The van der Waals surface area contributed by atoms with E-state index < -0.39 is 12.0 Å². The van der Waals surface area contributed by atoms with Crippen LogP contribution in [0.4, 0.5) is 5.69 Å². The largest absolute Gasteiger partial charge is 0.493 e. The van der Waals surface area contributed by atoms with Crippen molar-refractivity contribution < 1.29 is 28.5 Å². The number of carbonyl (C=O) groups is 2. The predicted octanol–water partition coefficient (Wildman–Crippen LogP) is 4.20. The lowest BCUT2D eigenvalue weighted by molar-refractivity contribution is -0.119. The summed E-state index contributed by atoms with van der Waals surface area (Å²) in [5.41, 5.74) is 3.72. The van der Waals surface area contributed by atoms with E-state index >= 15 is 0 Å². The van der Waals surface area contributed by atoms with Gasteiger partial charge >= 0.3 is 0 Å². The van der Waals surface area contributed by atoms with Crippen LogP contribution in [-0.4, -0.2) is 51.7 Å². The summed E-state index contributed by atoms with van der Waals surface area (Å²) in [6.45, 7) is 0.522. The molecule has 0 aliphatic carbocycles. The van der Waals surface area contributed by atoms with Crippen LogP contribution in [0.25, 0.3) is 0 Å². The Hall–Kier alpha value is -4.20. The van der Waals surface area contributed by atoms with Crippen molar-refractivity contribution in [3.8, 4) is 23.0 Å². The van der Waals surface area contributed by atoms with Crippen LogP contribution in [0.5, 0.6) is 23.0 Å². The van der Waals surface area contributed by atoms with Crippen LogP contribution < -0.4 is 24.3 Å². The Labute approximate surface area is 209 Å². The van der Waals surface area contributed by atoms with Crippen LogP contribution in [0.3, 0.4) is 0 Å². The lowest BCUT2D eigenvalue weighted by Gasteiger charge is -2.45. The van der Waals surface area contributed by atoms with E-state index in [1.165, 1.54) is 14.2 Å². The molecule has 2 heterocycles. The third-order valence-electron chi connectivity index (χ3n) is 6.96. The van der Waals surface area contributed by atoms with Crippen molar-refractivity contribution >= 4 is 17.5 Å². The molecule has 1 N–H and O–H groups in total. The minimum Gasteiger partial charge on any atom is -0.493 e. The van der Waals surface area contributed by atoms with Crippen LogP contribution in [-0.2, 0) is 11.2 Å². The third kappa shape index (κ3) is 3.79. The molecule has 8 heteroatoms. The number of methoxy groups -OCH3 is 4. The number of carbonyl (C=O) groups excluding carboxylic acids is 2. The minimum absolute atomic E-state index is 0.124. The fourth-order valence-electron chi connectivity index (χ4n) is 5.27. The maximum Gasteiger partial charge on any atom is 0.254 e. The molecule has 0 fully saturated rings. The van der Waals surface area contributed by atoms with Gasteiger partial charge in [0.1, 0.15) is 0 Å². The van der Waals surface area contributed by atoms with Gasteiger partial charge in [0.05, 0.1) is 40.4 Å². The Morgan fingerprint density at radius 1 is 0.833 bits per heavy atom. The number of hydrogen-bond donors (Lipinski definition) is 1. The molecule has 2 amide bonds. The molecule has 8 nitrogen and oxygen atoms in total. The molecule has 0 bridgehead atoms. The Balaban J connectivity index is 1.64. The number of ether oxygens (including phenoxy) is 4. The molecular formula is C28H28N2O6. The molecular weight excluding hydrogens is 460 g/mol. The van der Waals surface area contributed by atoms with Gasteiger partial charge in [-0.05, 0) is 47.4 Å². The highest BCUT2D eigenvalue weighted by atomic mass is 16.5. The van der Waals surface area contributed by atoms with Crippen molar-refractivity contribution in [3.63, 3.8) is 0 Å². The maximum absolute atomic E-state index is 14.0. The van der Waals surface area contributed by atoms with E-state index in [-0.39, 0.29) is 11.8 Å². The summed E-state index contributed by atoms with van der Waals surface area (Å²) in [6, 6.07) is 16.2. The zero-order valence-electron chi connectivity index (χ0n) is 20.7. The van der Waals surface area contributed by atoms with E-state index in [2.05, 4.69) is 11.4 Å². The monoisotopic (exact) mass is 488 g/mol. The predicted molar refractivity (Wildman–Crippen MR) is 134 cm³/mol. The van der Waals surface area contributed by atoms with Gasteiger partial charge in [0.15, 0.2) is 23.0 Å². The van der Waals surface area contributed by atoms with Crippen molar-refractivity contribution in [1.29, 1.82) is 0 Å². The highest BCUT2D eigenvalue weighted by molar-refractivity contribution is 6.05. The minimum atomic E-state index is -0.674. The van der Waals surface area contributed by atoms with E-state index in [0.717, 1.165) is 17.5 Å². The Morgan fingerprint density at radius 3 is 2.22 bits per heavy atom. The number of anilines is 1. The van der Waals surface area contributed by atoms with Crippen molar-refractivity contribution in [3.05, 3.63) is 76.9 Å². The third-order valence-corrected chi connectivity index (χ3v) is 6.96. The van der Waals surface area contributed by atoms with Gasteiger partial charge in [-0.2, -0.15) is 0 Å². The van der Waals surface area contributed by atoms with Crippen molar-refractivity contribution in [1.82, 2.24) is 4.90 Å². The second kappa shape index (κ2) is 9.45. The second-order valence-electron chi connectivity index (χ2n) is 8.72. The molecule has 2 aliphatic heterocycles. The normalized spacial score (nSPS) is 17.9. The van der Waals surface area contributed by atoms with Crippen molar-refractivity contribution in [2.45, 2.75) is 18.4 Å². The molecule has 5 rings (SSSR count). The molecule has 0 aromatic heterocycles. The molecule has 3 aromatic rings. The van der Waals surface area contributed by atoms with Gasteiger partial charge < -0.3 is 29.2 Å². The maximum atomic E-state index is 14.0. The first-order valence-corrected chi connectivity index (χ1v) is 11.7. The Morgan fingerprint density at radius 2 is 1.50 bits per heavy atom. The van der Waals surface area contributed by atoms with Gasteiger partial charge in [-0.3, -0.25) is 9.59 Å². The van der Waals surface area contributed by atoms with Crippen molar-refractivity contribution in [2.24, 2.45) is 0 Å². The van der Waals surface area contributed by atoms with Gasteiger partial charge in [-0.15, -0.1) is 0 Å². The fraction of sp³-hybridized carbons (Fsp3) is 0.286. The molecule has 3 aromatic carbocycles. The number of rotatable bonds is 6. The lowest BCUT2D eigenvalue weighted by Crippen LogP contribution is -2.49. The smallest absolute Gasteiger partial charge is 0.254 e. The fourth-order valence-corrected chi connectivity index (χ4v) is 5.27. The topological polar surface area (TPSA) is 86.3 Å². The summed E-state index contributed by atoms with van der Waals surface area (Å²) in [6.07, 6.45) is 0.727. The van der Waals surface area contributed by atoms with Crippen LogP contribution in [0.15, 0.2) is 54.6 Å². The number of amides is 2. The first-order valence-electron chi connectivity index (χ1n) is 11.7. The lowest BCUT2D eigenvalue weighted by atomic mass is 9.75. The number of benzene rings is 3. The zero-order valence-corrected chi connectivity index (χ0v) is 20.7. The van der Waals surface area contributed by atoms with Crippen LogP contribution >= 0.6 is 0 Å². The molecule has 36 heavy (non-hydrogen) atoms. The number of hydrogen-bond acceptors (Lipinski definition) is 6. The molecule has 0 spiro atoms. The van der Waals surface area contributed by atoms with Crippen LogP contribution in [0.1, 0.15) is 39.0 Å². The van der Waals surface area contributed by atoms with Gasteiger partial charge in [-0.1, -0.05) is 24.3 Å². The Bertz CT molecular complexity index is 1340. The van der Waals surface area contributed by atoms with E-state index in [1.807, 2.05) is 18.2 Å². The SMILES string of the molecule is COc1ccc(NC(=O)[C@@H]2c3cc(OC)c(OC)cc3C(=O)N3CCc4ccccc4[C@H]23)cc1OC. The van der Waals surface area contributed by atoms with E-state index in [9.17, 15) is 9.59 Å². The summed E-state index contributed by atoms with van der Waals surface area (Å²) >= 11 is 0. The van der Waals surface area contributed by atoms with Crippen molar-refractivity contribution in [2.75, 3.05) is 40.3 Å². The van der Waals surface area contributed by atoms with Crippen LogP contribution in [0.2, 0.25) is 0 Å². The van der Waals surface area contributed by atoms with Gasteiger partial charge in [0.2, 0.25) is 5.91 Å².